The van der Waals surface area contributed by atoms with Gasteiger partial charge in [0.05, 0.1) is 12.8 Å². The van der Waals surface area contributed by atoms with Crippen molar-refractivity contribution in [3.8, 4) is 0 Å². The number of aryl methyl sites for hydroxylation is 1. The largest absolute Gasteiger partial charge is 0.468 e. The standard InChI is InChI=1S/C12H16N4O2/c1-14-12(17)16-7-6-15(5-4-11(16)13-14)9-10-3-2-8-18-10/h2-3,8H,4-7,9H2,1H3. The third-order valence-electron chi connectivity index (χ3n) is 3.34. The third kappa shape index (κ3) is 1.99. The van der Waals surface area contributed by atoms with Gasteiger partial charge in [-0.3, -0.25) is 9.47 Å². The van der Waals surface area contributed by atoms with E-state index in [2.05, 4.69) is 10.00 Å². The molecule has 2 aromatic rings. The molecule has 0 aliphatic carbocycles. The summed E-state index contributed by atoms with van der Waals surface area (Å²) in [5.74, 6) is 1.84. The van der Waals surface area contributed by atoms with Gasteiger partial charge in [-0.2, -0.15) is 5.10 Å². The lowest BCUT2D eigenvalue weighted by molar-refractivity contribution is 0.247. The maximum absolute atomic E-state index is 11.8. The SMILES string of the molecule is Cn1nc2n(c1=O)CCN(Cc1ccco1)CC2. The van der Waals surface area contributed by atoms with Crippen LogP contribution < -0.4 is 5.69 Å². The molecule has 0 saturated heterocycles. The van der Waals surface area contributed by atoms with Crippen molar-refractivity contribution in [3.05, 3.63) is 40.5 Å². The molecule has 0 unspecified atom stereocenters. The van der Waals surface area contributed by atoms with Crippen LogP contribution in [-0.4, -0.2) is 32.3 Å². The minimum Gasteiger partial charge on any atom is -0.468 e. The number of hydrogen-bond donors (Lipinski definition) is 0. The summed E-state index contributed by atoms with van der Waals surface area (Å²) in [7, 11) is 1.70. The van der Waals surface area contributed by atoms with Crippen molar-refractivity contribution in [1.29, 1.82) is 0 Å². The lowest BCUT2D eigenvalue weighted by Crippen LogP contribution is -2.29. The number of hydrogen-bond acceptors (Lipinski definition) is 4. The molecule has 3 heterocycles. The van der Waals surface area contributed by atoms with Crippen LogP contribution >= 0.6 is 0 Å². The number of aromatic nitrogens is 3. The topological polar surface area (TPSA) is 56.2 Å². The third-order valence-corrected chi connectivity index (χ3v) is 3.34. The second kappa shape index (κ2) is 4.45. The maximum atomic E-state index is 11.8. The summed E-state index contributed by atoms with van der Waals surface area (Å²) in [4.78, 5) is 14.1. The van der Waals surface area contributed by atoms with E-state index in [1.807, 2.05) is 12.1 Å². The Labute approximate surface area is 104 Å². The molecule has 1 aliphatic heterocycles. The second-order valence-electron chi connectivity index (χ2n) is 4.58. The van der Waals surface area contributed by atoms with Gasteiger partial charge in [-0.15, -0.1) is 0 Å². The summed E-state index contributed by atoms with van der Waals surface area (Å²) in [6, 6.07) is 3.87. The molecule has 6 nitrogen and oxygen atoms in total. The summed E-state index contributed by atoms with van der Waals surface area (Å²) in [5.41, 5.74) is -0.0233. The molecule has 2 aromatic heterocycles. The molecule has 0 saturated carbocycles. The Morgan fingerprint density at radius 1 is 1.39 bits per heavy atom. The predicted molar refractivity (Wildman–Crippen MR) is 65.2 cm³/mol. The van der Waals surface area contributed by atoms with Gasteiger partial charge in [-0.1, -0.05) is 0 Å². The van der Waals surface area contributed by atoms with Gasteiger partial charge in [0, 0.05) is 33.1 Å². The number of nitrogens with zero attached hydrogens (tertiary/aromatic N) is 4. The van der Waals surface area contributed by atoms with Gasteiger partial charge in [0.1, 0.15) is 11.6 Å². The van der Waals surface area contributed by atoms with Crippen LogP contribution in [0, 0.1) is 0 Å². The smallest absolute Gasteiger partial charge is 0.345 e. The van der Waals surface area contributed by atoms with Crippen LogP contribution in [0.1, 0.15) is 11.6 Å². The fraction of sp³-hybridized carbons (Fsp3) is 0.500. The second-order valence-corrected chi connectivity index (χ2v) is 4.58. The zero-order valence-corrected chi connectivity index (χ0v) is 10.4. The summed E-state index contributed by atoms with van der Waals surface area (Å²) >= 11 is 0. The van der Waals surface area contributed by atoms with E-state index >= 15 is 0 Å². The Morgan fingerprint density at radius 2 is 2.28 bits per heavy atom. The molecule has 0 radical (unpaired) electrons. The lowest BCUT2D eigenvalue weighted by atomic mass is 10.3. The van der Waals surface area contributed by atoms with E-state index in [0.717, 1.165) is 37.6 Å². The first-order chi connectivity index (χ1) is 8.74. The average molecular weight is 248 g/mol. The molecule has 0 atom stereocenters. The van der Waals surface area contributed by atoms with Crippen LogP contribution in [0.2, 0.25) is 0 Å². The summed E-state index contributed by atoms with van der Waals surface area (Å²) < 4.78 is 8.53. The van der Waals surface area contributed by atoms with E-state index in [-0.39, 0.29) is 5.69 Å². The normalized spacial score (nSPS) is 16.5. The molecule has 0 spiro atoms. The highest BCUT2D eigenvalue weighted by molar-refractivity contribution is 4.99. The molecule has 0 bridgehead atoms. The maximum Gasteiger partial charge on any atom is 0.345 e. The van der Waals surface area contributed by atoms with Gasteiger partial charge in [-0.05, 0) is 12.1 Å². The van der Waals surface area contributed by atoms with Crippen LogP contribution in [-0.2, 0) is 26.6 Å². The zero-order chi connectivity index (χ0) is 12.5. The van der Waals surface area contributed by atoms with Crippen molar-refractivity contribution >= 4 is 0 Å². The van der Waals surface area contributed by atoms with E-state index in [4.69, 9.17) is 4.42 Å². The molecule has 96 valence electrons. The molecule has 3 rings (SSSR count). The highest BCUT2D eigenvalue weighted by Crippen LogP contribution is 2.09. The predicted octanol–water partition coefficient (Wildman–Crippen LogP) is 0.233. The van der Waals surface area contributed by atoms with Crippen molar-refractivity contribution in [2.75, 3.05) is 13.1 Å². The van der Waals surface area contributed by atoms with E-state index in [1.54, 1.807) is 17.9 Å². The quantitative estimate of drug-likeness (QED) is 0.763. The molecule has 0 fully saturated rings. The molecule has 0 N–H and O–H groups in total. The van der Waals surface area contributed by atoms with Crippen molar-refractivity contribution in [2.45, 2.75) is 19.5 Å². The van der Waals surface area contributed by atoms with Crippen LogP contribution in [0.25, 0.3) is 0 Å². The fourth-order valence-electron chi connectivity index (χ4n) is 2.36. The van der Waals surface area contributed by atoms with Gasteiger partial charge < -0.3 is 4.42 Å². The summed E-state index contributed by atoms with van der Waals surface area (Å²) in [5, 5.41) is 4.26. The highest BCUT2D eigenvalue weighted by atomic mass is 16.3. The Kier molecular flexibility index (Phi) is 2.79. The first-order valence-corrected chi connectivity index (χ1v) is 6.11. The van der Waals surface area contributed by atoms with Gasteiger partial charge in [0.15, 0.2) is 0 Å². The molecule has 0 aromatic carbocycles. The van der Waals surface area contributed by atoms with Crippen molar-refractivity contribution in [1.82, 2.24) is 19.2 Å². The fourth-order valence-corrected chi connectivity index (χ4v) is 2.36. The Hall–Kier alpha value is -1.82. The van der Waals surface area contributed by atoms with Gasteiger partial charge >= 0.3 is 5.69 Å². The highest BCUT2D eigenvalue weighted by Gasteiger charge is 2.18. The first kappa shape index (κ1) is 11.3. The van der Waals surface area contributed by atoms with E-state index < -0.39 is 0 Å². The minimum absolute atomic E-state index is 0.0233. The number of furan rings is 1. The van der Waals surface area contributed by atoms with Gasteiger partial charge in [0.25, 0.3) is 0 Å². The van der Waals surface area contributed by atoms with Crippen LogP contribution in [0.5, 0.6) is 0 Å². The molecular formula is C12H16N4O2. The Morgan fingerprint density at radius 3 is 3.06 bits per heavy atom. The number of fused-ring (bicyclic) bond motifs is 1. The van der Waals surface area contributed by atoms with Crippen LogP contribution in [0.4, 0.5) is 0 Å². The summed E-state index contributed by atoms with van der Waals surface area (Å²) in [6.45, 7) is 3.23. The monoisotopic (exact) mass is 248 g/mol. The van der Waals surface area contributed by atoms with Crippen LogP contribution in [0.15, 0.2) is 27.6 Å². The molecule has 1 aliphatic rings. The van der Waals surface area contributed by atoms with Crippen molar-refractivity contribution in [3.63, 3.8) is 0 Å². The van der Waals surface area contributed by atoms with E-state index in [0.29, 0.717) is 6.54 Å². The summed E-state index contributed by atoms with van der Waals surface area (Å²) in [6.07, 6.45) is 2.49. The molecular weight excluding hydrogens is 232 g/mol. The van der Waals surface area contributed by atoms with E-state index in [9.17, 15) is 4.79 Å². The van der Waals surface area contributed by atoms with Crippen LogP contribution in [0.3, 0.4) is 0 Å². The van der Waals surface area contributed by atoms with Crippen molar-refractivity contribution in [2.24, 2.45) is 7.05 Å². The first-order valence-electron chi connectivity index (χ1n) is 6.11. The minimum atomic E-state index is -0.0233. The Bertz CT molecular complexity index is 582. The molecule has 6 heteroatoms. The zero-order valence-electron chi connectivity index (χ0n) is 10.4. The van der Waals surface area contributed by atoms with Crippen molar-refractivity contribution < 1.29 is 4.42 Å². The molecule has 0 amide bonds. The Balaban J connectivity index is 1.73. The average Bonchev–Trinajstić information content (AvgIpc) is 2.89. The lowest BCUT2D eigenvalue weighted by Gasteiger charge is -2.17. The van der Waals surface area contributed by atoms with Gasteiger partial charge in [-0.25, -0.2) is 9.48 Å². The number of rotatable bonds is 2. The van der Waals surface area contributed by atoms with E-state index in [1.165, 1.54) is 4.68 Å². The van der Waals surface area contributed by atoms with Gasteiger partial charge in [0.2, 0.25) is 0 Å². The molecule has 18 heavy (non-hydrogen) atoms.